The van der Waals surface area contributed by atoms with Crippen LogP contribution in [0, 0.1) is 0 Å². The second-order valence-corrected chi connectivity index (χ2v) is 4.58. The fourth-order valence-corrected chi connectivity index (χ4v) is 2.57. The zero-order valence-electron chi connectivity index (χ0n) is 9.07. The molecule has 0 heterocycles. The summed E-state index contributed by atoms with van der Waals surface area (Å²) in [7, 11) is 0. The number of aromatic hydroxyl groups is 2. The standard InChI is InChI=1S/C15H10O2/c16-14-12-6-9-4-2-1-3-8(9)5-10(12)11-7-13(11)15(14)17/h1-6,16-17H,7H2. The number of fused-ring (bicyclic) bond motifs is 4. The van der Waals surface area contributed by atoms with E-state index in [4.69, 9.17) is 0 Å². The molecule has 82 valence electrons. The van der Waals surface area contributed by atoms with Crippen LogP contribution in [-0.2, 0) is 6.42 Å². The first-order valence-electron chi connectivity index (χ1n) is 5.64. The summed E-state index contributed by atoms with van der Waals surface area (Å²) in [6.07, 6.45) is 0.793. The van der Waals surface area contributed by atoms with Crippen molar-refractivity contribution in [3.05, 3.63) is 47.5 Å². The van der Waals surface area contributed by atoms with Crippen LogP contribution in [0.5, 0.6) is 11.5 Å². The first-order valence-corrected chi connectivity index (χ1v) is 5.64. The van der Waals surface area contributed by atoms with Crippen LogP contribution in [0.3, 0.4) is 0 Å². The highest BCUT2D eigenvalue weighted by Crippen LogP contribution is 2.49. The number of phenols is 2. The van der Waals surface area contributed by atoms with Crippen LogP contribution in [0.1, 0.15) is 11.1 Å². The van der Waals surface area contributed by atoms with E-state index in [1.165, 1.54) is 10.9 Å². The molecule has 1 aliphatic carbocycles. The van der Waals surface area contributed by atoms with Gasteiger partial charge in [-0.2, -0.15) is 0 Å². The van der Waals surface area contributed by atoms with Crippen LogP contribution in [0.25, 0.3) is 21.5 Å². The van der Waals surface area contributed by atoms with Crippen molar-refractivity contribution in [1.29, 1.82) is 0 Å². The summed E-state index contributed by atoms with van der Waals surface area (Å²) >= 11 is 0. The van der Waals surface area contributed by atoms with Crippen molar-refractivity contribution in [2.24, 2.45) is 0 Å². The van der Waals surface area contributed by atoms with Gasteiger partial charge in [0.05, 0.1) is 0 Å². The van der Waals surface area contributed by atoms with Crippen LogP contribution in [0.2, 0.25) is 0 Å². The van der Waals surface area contributed by atoms with Crippen LogP contribution < -0.4 is 0 Å². The summed E-state index contributed by atoms with van der Waals surface area (Å²) in [6, 6.07) is 12.1. The molecule has 0 fully saturated rings. The molecule has 3 aromatic carbocycles. The summed E-state index contributed by atoms with van der Waals surface area (Å²) < 4.78 is 0. The minimum atomic E-state index is 0.0157. The largest absolute Gasteiger partial charge is 0.504 e. The molecule has 0 bridgehead atoms. The third kappa shape index (κ3) is 1.04. The van der Waals surface area contributed by atoms with Crippen molar-refractivity contribution >= 4 is 21.5 Å². The predicted molar refractivity (Wildman–Crippen MR) is 67.6 cm³/mol. The van der Waals surface area contributed by atoms with Crippen molar-refractivity contribution in [3.8, 4) is 11.5 Å². The van der Waals surface area contributed by atoms with E-state index < -0.39 is 0 Å². The number of rotatable bonds is 0. The molecular formula is C15H10O2. The quantitative estimate of drug-likeness (QED) is 0.354. The molecule has 0 atom stereocenters. The summed E-state index contributed by atoms with van der Waals surface area (Å²) in [5.74, 6) is 0.0739. The topological polar surface area (TPSA) is 40.5 Å². The van der Waals surface area contributed by atoms with Crippen molar-refractivity contribution in [2.75, 3.05) is 0 Å². The third-order valence-corrected chi connectivity index (χ3v) is 3.57. The first kappa shape index (κ1) is 8.88. The molecule has 2 N–H and O–H groups in total. The van der Waals surface area contributed by atoms with E-state index >= 15 is 0 Å². The van der Waals surface area contributed by atoms with Gasteiger partial charge in [0.15, 0.2) is 11.5 Å². The van der Waals surface area contributed by atoms with E-state index in [1.54, 1.807) is 0 Å². The monoisotopic (exact) mass is 222 g/mol. The molecule has 0 aromatic heterocycles. The maximum Gasteiger partial charge on any atom is 0.165 e. The van der Waals surface area contributed by atoms with Crippen molar-refractivity contribution in [3.63, 3.8) is 0 Å². The van der Waals surface area contributed by atoms with Gasteiger partial charge in [-0.15, -0.1) is 0 Å². The lowest BCUT2D eigenvalue weighted by Crippen LogP contribution is -1.78. The highest BCUT2D eigenvalue weighted by atomic mass is 16.3. The van der Waals surface area contributed by atoms with Gasteiger partial charge < -0.3 is 10.2 Å². The van der Waals surface area contributed by atoms with Gasteiger partial charge in [-0.1, -0.05) is 24.3 Å². The summed E-state index contributed by atoms with van der Waals surface area (Å²) in [4.78, 5) is 0. The van der Waals surface area contributed by atoms with Gasteiger partial charge in [-0.05, 0) is 33.9 Å². The molecule has 0 spiro atoms. The van der Waals surface area contributed by atoms with Crippen LogP contribution >= 0.6 is 0 Å². The molecule has 3 aromatic rings. The Morgan fingerprint density at radius 3 is 2.12 bits per heavy atom. The summed E-state index contributed by atoms with van der Waals surface area (Å²) in [5, 5.41) is 23.8. The highest BCUT2D eigenvalue weighted by Gasteiger charge is 2.28. The molecule has 2 heteroatoms. The fourth-order valence-electron chi connectivity index (χ4n) is 2.57. The molecule has 2 nitrogen and oxygen atoms in total. The predicted octanol–water partition coefficient (Wildman–Crippen LogP) is 3.31. The lowest BCUT2D eigenvalue weighted by molar-refractivity contribution is 0.407. The number of phenolic OH excluding ortho intramolecular Hbond substituents is 2. The van der Waals surface area contributed by atoms with Gasteiger partial charge in [-0.3, -0.25) is 0 Å². The van der Waals surface area contributed by atoms with Crippen molar-refractivity contribution in [1.82, 2.24) is 0 Å². The van der Waals surface area contributed by atoms with Crippen molar-refractivity contribution < 1.29 is 10.2 Å². The maximum absolute atomic E-state index is 9.98. The summed E-state index contributed by atoms with van der Waals surface area (Å²) in [6.45, 7) is 0. The second-order valence-electron chi connectivity index (χ2n) is 4.58. The van der Waals surface area contributed by atoms with Gasteiger partial charge in [0, 0.05) is 17.4 Å². The molecule has 0 unspecified atom stereocenters. The van der Waals surface area contributed by atoms with E-state index in [1.807, 2.05) is 24.3 Å². The smallest absolute Gasteiger partial charge is 0.165 e. The average molecular weight is 222 g/mol. The van der Waals surface area contributed by atoms with Gasteiger partial charge in [0.25, 0.3) is 0 Å². The minimum Gasteiger partial charge on any atom is -0.504 e. The Hall–Kier alpha value is -2.22. The molecule has 0 amide bonds. The lowest BCUT2D eigenvalue weighted by atomic mass is 10.0. The van der Waals surface area contributed by atoms with E-state index in [9.17, 15) is 10.2 Å². The van der Waals surface area contributed by atoms with Gasteiger partial charge in [0.1, 0.15) is 0 Å². The molecule has 1 aliphatic rings. The maximum atomic E-state index is 9.98. The Balaban J connectivity index is 2.26. The average Bonchev–Trinajstić information content (AvgIpc) is 3.15. The van der Waals surface area contributed by atoms with E-state index in [2.05, 4.69) is 12.1 Å². The van der Waals surface area contributed by atoms with Crippen LogP contribution in [0.4, 0.5) is 0 Å². The van der Waals surface area contributed by atoms with Gasteiger partial charge in [0.2, 0.25) is 0 Å². The van der Waals surface area contributed by atoms with Crippen molar-refractivity contribution in [2.45, 2.75) is 6.42 Å². The van der Waals surface area contributed by atoms with Crippen LogP contribution in [0.15, 0.2) is 36.4 Å². The Morgan fingerprint density at radius 2 is 1.41 bits per heavy atom. The molecular weight excluding hydrogens is 212 g/mol. The number of hydrogen-bond donors (Lipinski definition) is 2. The first-order chi connectivity index (χ1) is 8.25. The second kappa shape index (κ2) is 2.72. The normalized spacial score (nSPS) is 12.9. The molecule has 0 aliphatic heterocycles. The molecule has 17 heavy (non-hydrogen) atoms. The van der Waals surface area contributed by atoms with Crippen LogP contribution in [-0.4, -0.2) is 10.2 Å². The van der Waals surface area contributed by atoms with Gasteiger partial charge >= 0.3 is 0 Å². The molecule has 0 saturated heterocycles. The van der Waals surface area contributed by atoms with E-state index in [0.717, 1.165) is 28.1 Å². The minimum absolute atomic E-state index is 0.0157. The number of hydrogen-bond acceptors (Lipinski definition) is 2. The summed E-state index contributed by atoms with van der Waals surface area (Å²) in [5.41, 5.74) is 2.06. The molecule has 0 saturated carbocycles. The van der Waals surface area contributed by atoms with Gasteiger partial charge in [-0.25, -0.2) is 0 Å². The molecule has 0 radical (unpaired) electrons. The Morgan fingerprint density at radius 1 is 0.765 bits per heavy atom. The lowest BCUT2D eigenvalue weighted by Gasteiger charge is -2.05. The molecule has 4 rings (SSSR count). The Kier molecular flexibility index (Phi) is 1.42. The SMILES string of the molecule is Oc1c2c(c3cc4ccccc4cc3c1O)C2. The van der Waals surface area contributed by atoms with E-state index in [-0.39, 0.29) is 11.5 Å². The number of benzene rings is 3. The zero-order chi connectivity index (χ0) is 11.6. The zero-order valence-corrected chi connectivity index (χ0v) is 9.07. The highest BCUT2D eigenvalue weighted by molar-refractivity contribution is 6.06. The Bertz CT molecular complexity index is 788. The Labute approximate surface area is 97.7 Å². The van der Waals surface area contributed by atoms with E-state index in [0.29, 0.717) is 0 Å². The third-order valence-electron chi connectivity index (χ3n) is 3.57. The fraction of sp³-hybridized carbons (Fsp3) is 0.0667.